The van der Waals surface area contributed by atoms with Gasteiger partial charge in [0.25, 0.3) is 0 Å². The fraction of sp³-hybridized carbons (Fsp3) is 0.538. The molecule has 1 fully saturated rings. The van der Waals surface area contributed by atoms with Gasteiger partial charge in [-0.25, -0.2) is 8.42 Å². The Bertz CT molecular complexity index is 528. The molecule has 0 aliphatic carbocycles. The molecule has 1 aromatic rings. The highest BCUT2D eigenvalue weighted by molar-refractivity contribution is 7.89. The van der Waals surface area contributed by atoms with Gasteiger partial charge in [0.2, 0.25) is 10.0 Å². The van der Waals surface area contributed by atoms with Gasteiger partial charge < -0.3 is 14.8 Å². The number of hydrogen-bond donors (Lipinski definition) is 1. The molecule has 20 heavy (non-hydrogen) atoms. The molecule has 1 atom stereocenters. The summed E-state index contributed by atoms with van der Waals surface area (Å²) in [5, 5.41) is 3.00. The number of nitrogens with one attached hydrogen (secondary N) is 1. The van der Waals surface area contributed by atoms with Crippen molar-refractivity contribution in [3.8, 4) is 5.75 Å². The van der Waals surface area contributed by atoms with Gasteiger partial charge in [-0.15, -0.1) is 0 Å². The van der Waals surface area contributed by atoms with E-state index in [1.165, 1.54) is 4.31 Å². The number of methoxy groups -OCH3 is 1. The van der Waals surface area contributed by atoms with Gasteiger partial charge in [-0.3, -0.25) is 0 Å². The first-order valence-electron chi connectivity index (χ1n) is 6.48. The minimum absolute atomic E-state index is 0.109. The normalized spacial score (nSPS) is 20.8. The van der Waals surface area contributed by atoms with Crippen LogP contribution in [0.1, 0.15) is 0 Å². The van der Waals surface area contributed by atoms with Crippen molar-refractivity contribution in [2.24, 2.45) is 0 Å². The molecule has 1 aromatic carbocycles. The van der Waals surface area contributed by atoms with Gasteiger partial charge in [0.05, 0.1) is 24.7 Å². The molecule has 1 N–H and O–H groups in total. The average molecular weight is 300 g/mol. The van der Waals surface area contributed by atoms with Gasteiger partial charge in [-0.1, -0.05) is 0 Å². The Labute approximate surface area is 119 Å². The molecule has 2 rings (SSSR count). The molecular weight excluding hydrogens is 280 g/mol. The lowest BCUT2D eigenvalue weighted by atomic mass is 10.3. The van der Waals surface area contributed by atoms with Gasteiger partial charge in [0, 0.05) is 19.6 Å². The number of hydrogen-bond acceptors (Lipinski definition) is 5. The zero-order valence-electron chi connectivity index (χ0n) is 11.7. The number of rotatable bonds is 5. The van der Waals surface area contributed by atoms with E-state index in [9.17, 15) is 8.42 Å². The Morgan fingerprint density at radius 3 is 2.70 bits per heavy atom. The van der Waals surface area contributed by atoms with Crippen molar-refractivity contribution >= 4 is 10.0 Å². The second kappa shape index (κ2) is 6.53. The molecule has 7 heteroatoms. The SMILES string of the molecule is CNCC1CN(S(=O)(=O)c2ccc(OC)cc2)CCO1. The Morgan fingerprint density at radius 1 is 1.40 bits per heavy atom. The van der Waals surface area contributed by atoms with Crippen molar-refractivity contribution in [1.29, 1.82) is 0 Å². The summed E-state index contributed by atoms with van der Waals surface area (Å²) in [4.78, 5) is 0.281. The summed E-state index contributed by atoms with van der Waals surface area (Å²) in [5.41, 5.74) is 0. The molecule has 6 nitrogen and oxygen atoms in total. The summed E-state index contributed by atoms with van der Waals surface area (Å²) in [6.45, 7) is 1.81. The van der Waals surface area contributed by atoms with Gasteiger partial charge in [0.15, 0.2) is 0 Å². The van der Waals surface area contributed by atoms with E-state index in [1.807, 2.05) is 7.05 Å². The molecule has 1 aliphatic heterocycles. The zero-order valence-corrected chi connectivity index (χ0v) is 12.5. The van der Waals surface area contributed by atoms with E-state index in [4.69, 9.17) is 9.47 Å². The maximum atomic E-state index is 12.5. The van der Waals surface area contributed by atoms with Crippen LogP contribution in [-0.2, 0) is 14.8 Å². The summed E-state index contributed by atoms with van der Waals surface area (Å²) in [7, 11) is -0.0991. The molecule has 1 saturated heterocycles. The average Bonchev–Trinajstić information content (AvgIpc) is 2.48. The van der Waals surface area contributed by atoms with E-state index in [-0.39, 0.29) is 11.0 Å². The molecule has 0 amide bonds. The van der Waals surface area contributed by atoms with Crippen LogP contribution in [0.5, 0.6) is 5.75 Å². The van der Waals surface area contributed by atoms with Crippen molar-refractivity contribution < 1.29 is 17.9 Å². The van der Waals surface area contributed by atoms with E-state index >= 15 is 0 Å². The van der Waals surface area contributed by atoms with Crippen LogP contribution in [0.4, 0.5) is 0 Å². The minimum atomic E-state index is -3.47. The maximum absolute atomic E-state index is 12.5. The highest BCUT2D eigenvalue weighted by Gasteiger charge is 2.30. The van der Waals surface area contributed by atoms with Gasteiger partial charge >= 0.3 is 0 Å². The number of nitrogens with zero attached hydrogens (tertiary/aromatic N) is 1. The van der Waals surface area contributed by atoms with Crippen molar-refractivity contribution in [2.45, 2.75) is 11.0 Å². The van der Waals surface area contributed by atoms with Crippen LogP contribution in [0.3, 0.4) is 0 Å². The van der Waals surface area contributed by atoms with Crippen LogP contribution in [0.15, 0.2) is 29.2 Å². The molecule has 112 valence electrons. The van der Waals surface area contributed by atoms with Gasteiger partial charge in [-0.05, 0) is 31.3 Å². The lowest BCUT2D eigenvalue weighted by Gasteiger charge is -2.32. The van der Waals surface area contributed by atoms with E-state index in [2.05, 4.69) is 5.32 Å². The topological polar surface area (TPSA) is 67.9 Å². The summed E-state index contributed by atoms with van der Waals surface area (Å²) in [5.74, 6) is 0.638. The molecule has 0 radical (unpaired) electrons. The molecule has 1 aliphatic rings. The summed E-state index contributed by atoms with van der Waals surface area (Å²) >= 11 is 0. The van der Waals surface area contributed by atoms with Gasteiger partial charge in [-0.2, -0.15) is 4.31 Å². The van der Waals surface area contributed by atoms with Gasteiger partial charge in [0.1, 0.15) is 5.75 Å². The Hall–Kier alpha value is -1.15. The van der Waals surface area contributed by atoms with Crippen LogP contribution >= 0.6 is 0 Å². The van der Waals surface area contributed by atoms with Crippen LogP contribution in [0.2, 0.25) is 0 Å². The monoisotopic (exact) mass is 300 g/mol. The van der Waals surface area contributed by atoms with E-state index in [0.717, 1.165) is 0 Å². The largest absolute Gasteiger partial charge is 0.497 e. The van der Waals surface area contributed by atoms with E-state index in [1.54, 1.807) is 31.4 Å². The first-order valence-corrected chi connectivity index (χ1v) is 7.92. The van der Waals surface area contributed by atoms with Crippen molar-refractivity contribution in [3.05, 3.63) is 24.3 Å². The predicted molar refractivity (Wildman–Crippen MR) is 75.4 cm³/mol. The van der Waals surface area contributed by atoms with Crippen LogP contribution in [0.25, 0.3) is 0 Å². The Balaban J connectivity index is 2.16. The third kappa shape index (κ3) is 3.29. The maximum Gasteiger partial charge on any atom is 0.243 e. The summed E-state index contributed by atoms with van der Waals surface area (Å²) in [6, 6.07) is 6.43. The zero-order chi connectivity index (χ0) is 14.6. The second-order valence-electron chi connectivity index (χ2n) is 4.59. The summed E-state index contributed by atoms with van der Waals surface area (Å²) < 4.78 is 37.1. The van der Waals surface area contributed by atoms with Crippen LogP contribution in [0, 0.1) is 0 Å². The van der Waals surface area contributed by atoms with Crippen LogP contribution in [-0.4, -0.2) is 59.2 Å². The van der Waals surface area contributed by atoms with Crippen molar-refractivity contribution in [1.82, 2.24) is 9.62 Å². The number of sulfonamides is 1. The fourth-order valence-electron chi connectivity index (χ4n) is 2.16. The predicted octanol–water partition coefficient (Wildman–Crippen LogP) is 0.304. The quantitative estimate of drug-likeness (QED) is 0.847. The Morgan fingerprint density at radius 2 is 2.10 bits per heavy atom. The fourth-order valence-corrected chi connectivity index (χ4v) is 3.61. The lowest BCUT2D eigenvalue weighted by molar-refractivity contribution is 0.000823. The molecule has 1 heterocycles. The van der Waals surface area contributed by atoms with E-state index < -0.39 is 10.0 Å². The molecule has 0 aromatic heterocycles. The Kier molecular flexibility index (Phi) is 4.98. The lowest BCUT2D eigenvalue weighted by Crippen LogP contribution is -2.48. The van der Waals surface area contributed by atoms with Crippen molar-refractivity contribution in [3.63, 3.8) is 0 Å². The van der Waals surface area contributed by atoms with Crippen molar-refractivity contribution in [2.75, 3.05) is 40.4 Å². The van der Waals surface area contributed by atoms with Crippen LogP contribution < -0.4 is 10.1 Å². The van der Waals surface area contributed by atoms with E-state index in [0.29, 0.717) is 32.0 Å². The third-order valence-electron chi connectivity index (χ3n) is 3.23. The third-order valence-corrected chi connectivity index (χ3v) is 5.11. The highest BCUT2D eigenvalue weighted by Crippen LogP contribution is 2.21. The first kappa shape index (κ1) is 15.2. The highest BCUT2D eigenvalue weighted by atomic mass is 32.2. The number of likely N-dealkylation sites (N-methyl/N-ethyl adjacent to an activating group) is 1. The molecular formula is C13H20N2O4S. The smallest absolute Gasteiger partial charge is 0.243 e. The second-order valence-corrected chi connectivity index (χ2v) is 6.53. The molecule has 0 spiro atoms. The molecule has 0 bridgehead atoms. The number of morpholine rings is 1. The minimum Gasteiger partial charge on any atom is -0.497 e. The summed E-state index contributed by atoms with van der Waals surface area (Å²) in [6.07, 6.45) is -0.109. The number of benzene rings is 1. The molecule has 1 unspecified atom stereocenters. The molecule has 0 saturated carbocycles. The first-order chi connectivity index (χ1) is 9.57. The standard InChI is InChI=1S/C13H20N2O4S/c1-14-9-12-10-15(7-8-19-12)20(16,17)13-5-3-11(18-2)4-6-13/h3-6,12,14H,7-10H2,1-2H3. The number of ether oxygens (including phenoxy) is 2.